The average molecular weight is 423 g/mol. The SMILES string of the molecule is CN(C[C@@H](NC(=O)OC(C)(C)C)C(Cc1ccccc1)C1CCC(F)CC1)C(=O)O. The van der Waals surface area contributed by atoms with Crippen LogP contribution in [-0.4, -0.2) is 53.6 Å². The van der Waals surface area contributed by atoms with Gasteiger partial charge in [0, 0.05) is 13.6 Å². The molecule has 30 heavy (non-hydrogen) atoms. The molecule has 1 aliphatic rings. The average Bonchev–Trinajstić information content (AvgIpc) is 2.65. The number of halogens is 1. The molecule has 1 unspecified atom stereocenters. The zero-order chi connectivity index (χ0) is 22.3. The van der Waals surface area contributed by atoms with Crippen molar-refractivity contribution >= 4 is 12.2 Å². The van der Waals surface area contributed by atoms with Crippen LogP contribution in [0.2, 0.25) is 0 Å². The van der Waals surface area contributed by atoms with Gasteiger partial charge < -0.3 is 20.1 Å². The van der Waals surface area contributed by atoms with Crippen molar-refractivity contribution in [1.29, 1.82) is 0 Å². The number of hydrogen-bond donors (Lipinski definition) is 2. The molecule has 1 aliphatic carbocycles. The molecular weight excluding hydrogens is 387 g/mol. The summed E-state index contributed by atoms with van der Waals surface area (Å²) in [6, 6.07) is 9.48. The van der Waals surface area contributed by atoms with E-state index in [1.54, 1.807) is 20.8 Å². The first kappa shape index (κ1) is 24.0. The van der Waals surface area contributed by atoms with E-state index in [2.05, 4.69) is 5.32 Å². The zero-order valence-electron chi connectivity index (χ0n) is 18.4. The molecule has 0 saturated heterocycles. The van der Waals surface area contributed by atoms with E-state index >= 15 is 0 Å². The van der Waals surface area contributed by atoms with Crippen LogP contribution in [-0.2, 0) is 11.2 Å². The topological polar surface area (TPSA) is 78.9 Å². The molecule has 1 fully saturated rings. The van der Waals surface area contributed by atoms with Gasteiger partial charge in [0.15, 0.2) is 0 Å². The fourth-order valence-corrected chi connectivity index (χ4v) is 4.15. The minimum atomic E-state index is -1.06. The van der Waals surface area contributed by atoms with E-state index in [4.69, 9.17) is 4.74 Å². The van der Waals surface area contributed by atoms with Crippen molar-refractivity contribution in [2.45, 2.75) is 70.7 Å². The first-order valence-electron chi connectivity index (χ1n) is 10.7. The Kier molecular flexibility index (Phi) is 8.50. The molecule has 1 saturated carbocycles. The van der Waals surface area contributed by atoms with Gasteiger partial charge in [0.25, 0.3) is 0 Å². The quantitative estimate of drug-likeness (QED) is 0.657. The van der Waals surface area contributed by atoms with Crippen LogP contribution in [0.3, 0.4) is 0 Å². The molecule has 0 radical (unpaired) electrons. The van der Waals surface area contributed by atoms with Gasteiger partial charge in [-0.15, -0.1) is 0 Å². The highest BCUT2D eigenvalue weighted by Crippen LogP contribution is 2.35. The highest BCUT2D eigenvalue weighted by atomic mass is 19.1. The molecular formula is C23H35FN2O4. The monoisotopic (exact) mass is 422 g/mol. The Morgan fingerprint density at radius 3 is 2.33 bits per heavy atom. The number of likely N-dealkylation sites (N-methyl/N-ethyl adjacent to an activating group) is 1. The molecule has 1 aromatic rings. The van der Waals surface area contributed by atoms with Crippen LogP contribution < -0.4 is 5.32 Å². The van der Waals surface area contributed by atoms with Crippen molar-refractivity contribution in [1.82, 2.24) is 10.2 Å². The van der Waals surface area contributed by atoms with Gasteiger partial charge in [-0.3, -0.25) is 0 Å². The van der Waals surface area contributed by atoms with Gasteiger partial charge in [-0.1, -0.05) is 30.3 Å². The number of nitrogens with one attached hydrogen (secondary N) is 1. The molecule has 0 aliphatic heterocycles. The summed E-state index contributed by atoms with van der Waals surface area (Å²) in [6.45, 7) is 5.50. The van der Waals surface area contributed by atoms with Gasteiger partial charge in [0.05, 0.1) is 6.04 Å². The lowest BCUT2D eigenvalue weighted by atomic mass is 9.73. The Balaban J connectivity index is 2.28. The van der Waals surface area contributed by atoms with Crippen molar-refractivity contribution in [2.24, 2.45) is 11.8 Å². The fraction of sp³-hybridized carbons (Fsp3) is 0.652. The summed E-state index contributed by atoms with van der Waals surface area (Å²) in [7, 11) is 1.49. The van der Waals surface area contributed by atoms with E-state index in [0.717, 1.165) is 18.4 Å². The summed E-state index contributed by atoms with van der Waals surface area (Å²) in [5.41, 5.74) is 0.452. The van der Waals surface area contributed by atoms with Gasteiger partial charge in [0.1, 0.15) is 11.8 Å². The molecule has 6 nitrogen and oxygen atoms in total. The van der Waals surface area contributed by atoms with Crippen molar-refractivity contribution in [3.05, 3.63) is 35.9 Å². The number of alkyl halides is 1. The van der Waals surface area contributed by atoms with E-state index < -0.39 is 30.0 Å². The summed E-state index contributed by atoms with van der Waals surface area (Å²) < 4.78 is 19.2. The standard InChI is InChI=1S/C23H35FN2O4/c1-23(2,3)30-21(27)25-20(15-26(4)22(28)29)19(14-16-8-6-5-7-9-16)17-10-12-18(24)13-11-17/h5-9,17-20H,10-15H2,1-4H3,(H,25,27)(H,28,29)/t17?,18?,19?,20-/m1/s1. The Morgan fingerprint density at radius 2 is 1.80 bits per heavy atom. The molecule has 2 amide bonds. The molecule has 0 spiro atoms. The minimum Gasteiger partial charge on any atom is -0.465 e. The summed E-state index contributed by atoms with van der Waals surface area (Å²) in [5.74, 6) is 0.161. The lowest BCUT2D eigenvalue weighted by molar-refractivity contribution is 0.0431. The molecule has 1 aromatic carbocycles. The van der Waals surface area contributed by atoms with Crippen LogP contribution in [0.5, 0.6) is 0 Å². The lowest BCUT2D eigenvalue weighted by Gasteiger charge is -2.38. The van der Waals surface area contributed by atoms with Crippen LogP contribution in [0, 0.1) is 11.8 Å². The van der Waals surface area contributed by atoms with Crippen LogP contribution >= 0.6 is 0 Å². The van der Waals surface area contributed by atoms with Gasteiger partial charge in [-0.25, -0.2) is 14.0 Å². The zero-order valence-corrected chi connectivity index (χ0v) is 18.4. The Labute approximate surface area is 178 Å². The maximum absolute atomic E-state index is 13.8. The molecule has 0 heterocycles. The number of amides is 2. The smallest absolute Gasteiger partial charge is 0.407 e. The van der Waals surface area contributed by atoms with Crippen LogP contribution in [0.25, 0.3) is 0 Å². The maximum atomic E-state index is 13.8. The van der Waals surface area contributed by atoms with Crippen LogP contribution in [0.15, 0.2) is 30.3 Å². The lowest BCUT2D eigenvalue weighted by Crippen LogP contribution is -2.52. The molecule has 2 N–H and O–H groups in total. The number of hydrogen-bond acceptors (Lipinski definition) is 3. The maximum Gasteiger partial charge on any atom is 0.407 e. The van der Waals surface area contributed by atoms with Gasteiger partial charge in [-0.2, -0.15) is 0 Å². The van der Waals surface area contributed by atoms with E-state index in [-0.39, 0.29) is 18.4 Å². The number of carbonyl (C=O) groups excluding carboxylic acids is 1. The number of nitrogens with zero attached hydrogens (tertiary/aromatic N) is 1. The summed E-state index contributed by atoms with van der Waals surface area (Å²) >= 11 is 0. The third-order valence-electron chi connectivity index (χ3n) is 5.64. The predicted octanol–water partition coefficient (Wildman–Crippen LogP) is 4.88. The van der Waals surface area contributed by atoms with Crippen molar-refractivity contribution in [3.8, 4) is 0 Å². The van der Waals surface area contributed by atoms with E-state index in [9.17, 15) is 19.1 Å². The van der Waals surface area contributed by atoms with Gasteiger partial charge in [0.2, 0.25) is 0 Å². The molecule has 168 valence electrons. The molecule has 0 aromatic heterocycles. The van der Waals surface area contributed by atoms with E-state index in [1.807, 2.05) is 30.3 Å². The first-order chi connectivity index (χ1) is 14.0. The summed E-state index contributed by atoms with van der Waals surface area (Å²) in [5, 5.41) is 12.3. The number of alkyl carbamates (subject to hydrolysis) is 1. The van der Waals surface area contributed by atoms with Crippen molar-refractivity contribution in [2.75, 3.05) is 13.6 Å². The second kappa shape index (κ2) is 10.6. The highest BCUT2D eigenvalue weighted by Gasteiger charge is 2.35. The molecule has 2 atom stereocenters. The first-order valence-corrected chi connectivity index (χ1v) is 10.7. The van der Waals surface area contributed by atoms with Crippen molar-refractivity contribution < 1.29 is 23.8 Å². The van der Waals surface area contributed by atoms with E-state index in [1.165, 1.54) is 11.9 Å². The molecule has 0 bridgehead atoms. The normalized spacial score (nSPS) is 21.4. The minimum absolute atomic E-state index is 0.0331. The number of carboxylic acid groups (broad SMARTS) is 1. The molecule has 2 rings (SSSR count). The molecule has 7 heteroatoms. The number of ether oxygens (including phenoxy) is 1. The summed E-state index contributed by atoms with van der Waals surface area (Å²) in [4.78, 5) is 25.2. The third kappa shape index (κ3) is 7.84. The largest absolute Gasteiger partial charge is 0.465 e. The Hall–Kier alpha value is -2.31. The van der Waals surface area contributed by atoms with Crippen LogP contribution in [0.4, 0.5) is 14.0 Å². The van der Waals surface area contributed by atoms with Crippen LogP contribution in [0.1, 0.15) is 52.0 Å². The van der Waals surface area contributed by atoms with Gasteiger partial charge in [-0.05, 0) is 70.3 Å². The number of rotatable bonds is 7. The highest BCUT2D eigenvalue weighted by molar-refractivity contribution is 5.68. The van der Waals surface area contributed by atoms with E-state index in [0.29, 0.717) is 19.3 Å². The van der Waals surface area contributed by atoms with Gasteiger partial charge >= 0.3 is 12.2 Å². The number of carbonyl (C=O) groups is 2. The number of benzene rings is 1. The summed E-state index contributed by atoms with van der Waals surface area (Å²) in [6.07, 6.45) is 0.728. The van der Waals surface area contributed by atoms with Crippen molar-refractivity contribution in [3.63, 3.8) is 0 Å². The second-order valence-electron chi connectivity index (χ2n) is 9.28. The fourth-order valence-electron chi connectivity index (χ4n) is 4.15. The third-order valence-corrected chi connectivity index (χ3v) is 5.64. The second-order valence-corrected chi connectivity index (χ2v) is 9.28. The predicted molar refractivity (Wildman–Crippen MR) is 114 cm³/mol. The Morgan fingerprint density at radius 1 is 1.20 bits per heavy atom. The Bertz CT molecular complexity index is 684.